The molecule has 6 rings (SSSR count). The molecule has 0 aliphatic carbocycles. The molecule has 0 amide bonds. The second-order valence-corrected chi connectivity index (χ2v) is 9.83. The van der Waals surface area contributed by atoms with Crippen LogP contribution in [0.15, 0.2) is 91.2 Å². The Hall–Kier alpha value is -4.51. The number of aryl methyl sites for hydroxylation is 2. The van der Waals surface area contributed by atoms with Crippen LogP contribution in [0.5, 0.6) is 0 Å². The Morgan fingerprint density at radius 2 is 1.19 bits per heavy atom. The molecule has 10 nitrogen and oxygen atoms in total. The summed E-state index contributed by atoms with van der Waals surface area (Å²) < 4.78 is 10.0. The number of benzene rings is 2. The molecule has 0 spiro atoms. The van der Waals surface area contributed by atoms with E-state index in [1.165, 1.54) is 12.1 Å². The maximum absolute atomic E-state index is 11.6. The minimum Gasteiger partial charge on any atom is -0.403 e. The SMILES string of the molecule is CCc1cc(=O)oc2nc(Cl)nc(Cl)c12.CCc1cc(=O)oc2nc(Nc3ccccc3)nc(Cl)c12.Nc1ccccc1. The molecular formula is C30H25Cl3N6O4. The molecule has 0 bridgehead atoms. The van der Waals surface area contributed by atoms with Gasteiger partial charge in [-0.1, -0.05) is 73.4 Å². The Morgan fingerprint density at radius 1 is 0.698 bits per heavy atom. The standard InChI is InChI=1S/C15H12ClN3O2.C9H6Cl2N2O2.C6H7N/c1-2-9-8-11(20)21-14-12(9)13(16)18-15(19-14)17-10-6-4-3-5-7-10;1-2-4-3-5(14)15-8-6(4)7(10)12-9(11)13-8;7-6-4-2-1-3-5-6/h3-8H,2H2,1H3,(H,17,18,19);3H,2H2,1H3;1-5H,7H2. The maximum atomic E-state index is 11.6. The number of halogens is 3. The minimum absolute atomic E-state index is 0.0381. The Kier molecular flexibility index (Phi) is 10.7. The van der Waals surface area contributed by atoms with Crippen LogP contribution in [0, 0.1) is 0 Å². The highest BCUT2D eigenvalue weighted by Gasteiger charge is 2.14. The first-order chi connectivity index (χ1) is 20.7. The van der Waals surface area contributed by atoms with Crippen LogP contribution < -0.4 is 22.3 Å². The van der Waals surface area contributed by atoms with Gasteiger partial charge < -0.3 is 19.9 Å². The summed E-state index contributed by atoms with van der Waals surface area (Å²) in [5, 5.41) is 4.58. The highest BCUT2D eigenvalue weighted by molar-refractivity contribution is 6.35. The Bertz CT molecular complexity index is 1970. The zero-order valence-corrected chi connectivity index (χ0v) is 25.2. The molecule has 6 aromatic rings. The van der Waals surface area contributed by atoms with Crippen LogP contribution in [0.3, 0.4) is 0 Å². The van der Waals surface area contributed by atoms with Gasteiger partial charge in [-0.25, -0.2) is 14.6 Å². The zero-order chi connectivity index (χ0) is 30.9. The van der Waals surface area contributed by atoms with Gasteiger partial charge in [-0.15, -0.1) is 0 Å². The van der Waals surface area contributed by atoms with Gasteiger partial charge in [-0.2, -0.15) is 15.0 Å². The molecule has 0 unspecified atom stereocenters. The van der Waals surface area contributed by atoms with Crippen molar-refractivity contribution in [3.63, 3.8) is 0 Å². The van der Waals surface area contributed by atoms with E-state index in [1.54, 1.807) is 0 Å². The van der Waals surface area contributed by atoms with Crippen LogP contribution in [-0.2, 0) is 12.8 Å². The molecule has 0 fully saturated rings. The molecular weight excluding hydrogens is 615 g/mol. The third kappa shape index (κ3) is 8.29. The molecule has 4 aromatic heterocycles. The van der Waals surface area contributed by atoms with Crippen molar-refractivity contribution < 1.29 is 8.83 Å². The first-order valence-corrected chi connectivity index (χ1v) is 14.1. The van der Waals surface area contributed by atoms with Crippen molar-refractivity contribution in [2.75, 3.05) is 11.1 Å². The third-order valence-electron chi connectivity index (χ3n) is 5.85. The number of nitrogens with one attached hydrogen (secondary N) is 1. The van der Waals surface area contributed by atoms with Gasteiger partial charge in [0.2, 0.25) is 22.7 Å². The first kappa shape index (κ1) is 31.4. The van der Waals surface area contributed by atoms with Gasteiger partial charge >= 0.3 is 11.3 Å². The summed E-state index contributed by atoms with van der Waals surface area (Å²) in [5.41, 5.74) is 7.94. The van der Waals surface area contributed by atoms with E-state index in [9.17, 15) is 9.59 Å². The smallest absolute Gasteiger partial charge is 0.337 e. The highest BCUT2D eigenvalue weighted by Crippen LogP contribution is 2.26. The number of nitrogens with two attached hydrogens (primary N) is 1. The molecule has 0 aliphatic heterocycles. The molecule has 43 heavy (non-hydrogen) atoms. The van der Waals surface area contributed by atoms with Gasteiger partial charge in [0, 0.05) is 23.5 Å². The van der Waals surface area contributed by atoms with Crippen LogP contribution >= 0.6 is 34.8 Å². The van der Waals surface area contributed by atoms with Crippen LogP contribution in [0.4, 0.5) is 17.3 Å². The quantitative estimate of drug-likeness (QED) is 0.115. The maximum Gasteiger partial charge on any atom is 0.337 e. The van der Waals surface area contributed by atoms with Crippen LogP contribution in [0.25, 0.3) is 22.2 Å². The average molecular weight is 640 g/mol. The molecule has 3 N–H and O–H groups in total. The van der Waals surface area contributed by atoms with E-state index in [0.717, 1.165) is 22.5 Å². The van der Waals surface area contributed by atoms with Gasteiger partial charge in [0.1, 0.15) is 10.3 Å². The number of anilines is 3. The third-order valence-corrected chi connectivity index (χ3v) is 6.56. The average Bonchev–Trinajstić information content (AvgIpc) is 2.97. The van der Waals surface area contributed by atoms with Gasteiger partial charge in [0.25, 0.3) is 0 Å². The van der Waals surface area contributed by atoms with Crippen molar-refractivity contribution in [3.05, 3.63) is 120 Å². The summed E-state index contributed by atoms with van der Waals surface area (Å²) in [4.78, 5) is 38.8. The Balaban J connectivity index is 0.000000167. The lowest BCUT2D eigenvalue weighted by atomic mass is 10.1. The number of rotatable bonds is 4. The number of para-hydroxylation sites is 2. The predicted octanol–water partition coefficient (Wildman–Crippen LogP) is 7.26. The molecule has 4 heterocycles. The van der Waals surface area contributed by atoms with E-state index in [2.05, 4.69) is 25.3 Å². The number of aromatic nitrogens is 4. The van der Waals surface area contributed by atoms with E-state index >= 15 is 0 Å². The van der Waals surface area contributed by atoms with E-state index < -0.39 is 11.3 Å². The fourth-order valence-electron chi connectivity index (χ4n) is 3.89. The molecule has 0 atom stereocenters. The lowest BCUT2D eigenvalue weighted by Crippen LogP contribution is -2.04. The molecule has 0 saturated heterocycles. The molecule has 13 heteroatoms. The van der Waals surface area contributed by atoms with E-state index in [4.69, 9.17) is 49.4 Å². The largest absolute Gasteiger partial charge is 0.403 e. The lowest BCUT2D eigenvalue weighted by Gasteiger charge is -2.08. The van der Waals surface area contributed by atoms with Crippen molar-refractivity contribution in [1.82, 2.24) is 19.9 Å². The van der Waals surface area contributed by atoms with Crippen molar-refractivity contribution in [3.8, 4) is 0 Å². The molecule has 0 saturated carbocycles. The Morgan fingerprint density at radius 3 is 1.67 bits per heavy atom. The van der Waals surface area contributed by atoms with Crippen molar-refractivity contribution in [2.24, 2.45) is 0 Å². The number of nitrogen functional groups attached to an aromatic ring is 1. The summed E-state index contributed by atoms with van der Waals surface area (Å²) in [7, 11) is 0. The molecule has 0 radical (unpaired) electrons. The number of fused-ring (bicyclic) bond motifs is 2. The fraction of sp³-hybridized carbons (Fsp3) is 0.133. The fourth-order valence-corrected chi connectivity index (χ4v) is 4.66. The second kappa shape index (κ2) is 14.6. The van der Waals surface area contributed by atoms with E-state index in [1.807, 2.05) is 74.5 Å². The molecule has 220 valence electrons. The topological polar surface area (TPSA) is 150 Å². The minimum atomic E-state index is -0.467. The van der Waals surface area contributed by atoms with Gasteiger partial charge in [-0.05, 0) is 59.8 Å². The first-order valence-electron chi connectivity index (χ1n) is 13.0. The summed E-state index contributed by atoms with van der Waals surface area (Å²) in [6.45, 7) is 3.83. The van der Waals surface area contributed by atoms with Crippen LogP contribution in [0.2, 0.25) is 15.6 Å². The lowest BCUT2D eigenvalue weighted by molar-refractivity contribution is 0.546. The number of hydrogen-bond acceptors (Lipinski definition) is 10. The Labute approximate surface area is 260 Å². The van der Waals surface area contributed by atoms with E-state index in [-0.39, 0.29) is 33.0 Å². The predicted molar refractivity (Wildman–Crippen MR) is 171 cm³/mol. The summed E-state index contributed by atoms with van der Waals surface area (Å²) >= 11 is 17.7. The van der Waals surface area contributed by atoms with Crippen LogP contribution in [0.1, 0.15) is 25.0 Å². The van der Waals surface area contributed by atoms with Gasteiger partial charge in [0.15, 0.2) is 0 Å². The van der Waals surface area contributed by atoms with E-state index in [0.29, 0.717) is 23.6 Å². The van der Waals surface area contributed by atoms with Crippen molar-refractivity contribution in [2.45, 2.75) is 26.7 Å². The van der Waals surface area contributed by atoms with Gasteiger partial charge in [-0.3, -0.25) is 0 Å². The monoisotopic (exact) mass is 638 g/mol. The van der Waals surface area contributed by atoms with Crippen molar-refractivity contribution in [1.29, 1.82) is 0 Å². The normalized spacial score (nSPS) is 10.4. The zero-order valence-electron chi connectivity index (χ0n) is 23.0. The molecule has 0 aliphatic rings. The molecule has 2 aromatic carbocycles. The summed E-state index contributed by atoms with van der Waals surface area (Å²) in [5.74, 6) is 0.287. The summed E-state index contributed by atoms with van der Waals surface area (Å²) in [6, 6.07) is 21.7. The van der Waals surface area contributed by atoms with Crippen LogP contribution in [-0.4, -0.2) is 19.9 Å². The highest BCUT2D eigenvalue weighted by atomic mass is 35.5. The second-order valence-electron chi connectivity index (χ2n) is 8.77. The van der Waals surface area contributed by atoms with Gasteiger partial charge in [0.05, 0.1) is 10.8 Å². The number of nitrogens with zero attached hydrogens (tertiary/aromatic N) is 4. The van der Waals surface area contributed by atoms with Crippen molar-refractivity contribution >= 4 is 74.3 Å². The number of hydrogen-bond donors (Lipinski definition) is 2. The summed E-state index contributed by atoms with van der Waals surface area (Å²) in [6.07, 6.45) is 1.30.